The summed E-state index contributed by atoms with van der Waals surface area (Å²) in [5, 5.41) is 11.0. The summed E-state index contributed by atoms with van der Waals surface area (Å²) >= 11 is 0. The van der Waals surface area contributed by atoms with Crippen molar-refractivity contribution >= 4 is 0 Å². The zero-order valence-electron chi connectivity index (χ0n) is 8.89. The summed E-state index contributed by atoms with van der Waals surface area (Å²) in [6.45, 7) is 6.84. The monoisotopic (exact) mass is 178 g/mol. The van der Waals surface area contributed by atoms with Gasteiger partial charge in [-0.05, 0) is 11.3 Å². The Balaban J connectivity index is 0.00000121. The Morgan fingerprint density at radius 1 is 1.00 bits per heavy atom. The molecule has 12 heavy (non-hydrogen) atoms. The summed E-state index contributed by atoms with van der Waals surface area (Å²) in [6.07, 6.45) is 3.85. The summed E-state index contributed by atoms with van der Waals surface area (Å²) in [7, 11) is 0. The predicted molar refractivity (Wildman–Crippen MR) is 45.2 cm³/mol. The minimum atomic E-state index is -0.256. The van der Waals surface area contributed by atoms with Gasteiger partial charge < -0.3 is 5.11 Å². The fraction of sp³-hybridized carbons (Fsp3) is 1.00. The van der Waals surface area contributed by atoms with Crippen molar-refractivity contribution in [3.63, 3.8) is 0 Å². The molecule has 0 aliphatic heterocycles. The molecule has 0 aromatic heterocycles. The van der Waals surface area contributed by atoms with Crippen molar-refractivity contribution in [2.45, 2.75) is 52.6 Å². The van der Waals surface area contributed by atoms with Gasteiger partial charge in [0, 0.05) is 0 Å². The van der Waals surface area contributed by atoms with Crippen molar-refractivity contribution in [1.82, 2.24) is 0 Å². The summed E-state index contributed by atoms with van der Waals surface area (Å²) < 4.78 is 0. The first-order valence-electron chi connectivity index (χ1n) is 4.66. The van der Waals surface area contributed by atoms with Crippen LogP contribution in [0.4, 0.5) is 0 Å². The molecule has 0 aromatic carbocycles. The molecule has 0 spiro atoms. The quantitative estimate of drug-likeness (QED) is 0.434. The molecule has 66 valence electrons. The van der Waals surface area contributed by atoms with Crippen LogP contribution in [0.2, 0.25) is 0 Å². The first-order chi connectivity index (χ1) is 5.00. The van der Waals surface area contributed by atoms with E-state index in [-0.39, 0.29) is 35.7 Å². The van der Waals surface area contributed by atoms with Gasteiger partial charge in [-0.15, -0.1) is 6.10 Å². The van der Waals surface area contributed by atoms with E-state index >= 15 is 0 Å². The molecule has 0 atom stereocenters. The SMILES string of the molecule is CC(C)(C)C1CCC([O-])CC1.[Na+]. The molecule has 0 radical (unpaired) electrons. The molecule has 1 nitrogen and oxygen atoms in total. The Hall–Kier alpha value is 0.960. The minimum Gasteiger partial charge on any atom is -0.852 e. The predicted octanol–water partition coefficient (Wildman–Crippen LogP) is -1.04. The molecule has 0 unspecified atom stereocenters. The third-order valence-corrected chi connectivity index (χ3v) is 2.90. The Morgan fingerprint density at radius 2 is 1.42 bits per heavy atom. The Morgan fingerprint density at radius 3 is 1.75 bits per heavy atom. The van der Waals surface area contributed by atoms with Gasteiger partial charge in [0.05, 0.1) is 0 Å². The number of hydrogen-bond acceptors (Lipinski definition) is 1. The van der Waals surface area contributed by atoms with Crippen molar-refractivity contribution in [3.8, 4) is 0 Å². The summed E-state index contributed by atoms with van der Waals surface area (Å²) in [5.41, 5.74) is 0.417. The molecule has 1 saturated carbocycles. The summed E-state index contributed by atoms with van der Waals surface area (Å²) in [5.74, 6) is 0.785. The van der Waals surface area contributed by atoms with E-state index in [4.69, 9.17) is 0 Å². The molecule has 1 fully saturated rings. The maximum absolute atomic E-state index is 11.0. The molecule has 0 saturated heterocycles. The Bertz CT molecular complexity index is 120. The molecule has 0 bridgehead atoms. The molecule has 0 amide bonds. The van der Waals surface area contributed by atoms with Gasteiger partial charge in [-0.3, -0.25) is 0 Å². The third kappa shape index (κ3) is 3.78. The molecule has 0 N–H and O–H groups in total. The number of rotatable bonds is 0. The van der Waals surface area contributed by atoms with E-state index in [0.717, 1.165) is 31.6 Å². The minimum absolute atomic E-state index is 0. The summed E-state index contributed by atoms with van der Waals surface area (Å²) in [6, 6.07) is 0. The molecular formula is C10H19NaO. The Labute approximate surface area is 98.2 Å². The van der Waals surface area contributed by atoms with Crippen LogP contribution in [0.3, 0.4) is 0 Å². The smallest absolute Gasteiger partial charge is 0.852 e. The molecule has 2 heteroatoms. The number of hydrogen-bond donors (Lipinski definition) is 0. The second-order valence-electron chi connectivity index (χ2n) is 4.84. The van der Waals surface area contributed by atoms with Gasteiger partial charge in [0.2, 0.25) is 0 Å². The fourth-order valence-electron chi connectivity index (χ4n) is 1.93. The average Bonchev–Trinajstić information content (AvgIpc) is 1.86. The molecule has 1 aliphatic carbocycles. The van der Waals surface area contributed by atoms with E-state index < -0.39 is 0 Å². The fourth-order valence-corrected chi connectivity index (χ4v) is 1.93. The van der Waals surface area contributed by atoms with Crippen molar-refractivity contribution in [2.75, 3.05) is 0 Å². The third-order valence-electron chi connectivity index (χ3n) is 2.90. The van der Waals surface area contributed by atoms with Crippen LogP contribution in [-0.2, 0) is 0 Å². The van der Waals surface area contributed by atoms with Gasteiger partial charge in [-0.25, -0.2) is 0 Å². The standard InChI is InChI=1S/C10H19O.Na/c1-10(2,3)8-4-6-9(11)7-5-8;/h8-9H,4-7H2,1-3H3;/q-1;+1. The van der Waals surface area contributed by atoms with Crippen LogP contribution in [0.5, 0.6) is 0 Å². The van der Waals surface area contributed by atoms with E-state index in [9.17, 15) is 5.11 Å². The molecule has 1 rings (SSSR count). The van der Waals surface area contributed by atoms with Gasteiger partial charge in [0.15, 0.2) is 0 Å². The van der Waals surface area contributed by atoms with Gasteiger partial charge in [-0.1, -0.05) is 46.5 Å². The van der Waals surface area contributed by atoms with E-state index in [1.807, 2.05) is 0 Å². The molecule has 0 aromatic rings. The van der Waals surface area contributed by atoms with Crippen LogP contribution in [0.25, 0.3) is 0 Å². The largest absolute Gasteiger partial charge is 1.00 e. The topological polar surface area (TPSA) is 23.1 Å². The van der Waals surface area contributed by atoms with Crippen molar-refractivity contribution in [2.24, 2.45) is 11.3 Å². The van der Waals surface area contributed by atoms with Crippen LogP contribution in [0.1, 0.15) is 46.5 Å². The maximum Gasteiger partial charge on any atom is 1.00 e. The van der Waals surface area contributed by atoms with Crippen LogP contribution in [-0.4, -0.2) is 6.10 Å². The second-order valence-corrected chi connectivity index (χ2v) is 4.84. The Kier molecular flexibility index (Phi) is 5.39. The van der Waals surface area contributed by atoms with Crippen LogP contribution < -0.4 is 34.7 Å². The van der Waals surface area contributed by atoms with E-state index in [0.29, 0.717) is 5.41 Å². The van der Waals surface area contributed by atoms with E-state index in [1.165, 1.54) is 0 Å². The van der Waals surface area contributed by atoms with Crippen molar-refractivity contribution < 1.29 is 34.7 Å². The van der Waals surface area contributed by atoms with Crippen molar-refractivity contribution in [3.05, 3.63) is 0 Å². The average molecular weight is 178 g/mol. The van der Waals surface area contributed by atoms with Crippen molar-refractivity contribution in [1.29, 1.82) is 0 Å². The van der Waals surface area contributed by atoms with E-state index in [2.05, 4.69) is 20.8 Å². The first-order valence-corrected chi connectivity index (χ1v) is 4.66. The van der Waals surface area contributed by atoms with Gasteiger partial charge >= 0.3 is 29.6 Å². The molecule has 1 aliphatic rings. The second kappa shape index (κ2) is 4.99. The van der Waals surface area contributed by atoms with Crippen LogP contribution >= 0.6 is 0 Å². The van der Waals surface area contributed by atoms with Gasteiger partial charge in [0.25, 0.3) is 0 Å². The zero-order valence-corrected chi connectivity index (χ0v) is 10.9. The van der Waals surface area contributed by atoms with Crippen LogP contribution in [0, 0.1) is 11.3 Å². The van der Waals surface area contributed by atoms with E-state index in [1.54, 1.807) is 0 Å². The zero-order chi connectivity index (χ0) is 8.48. The molecule has 0 heterocycles. The first kappa shape index (κ1) is 13.0. The van der Waals surface area contributed by atoms with Gasteiger partial charge in [-0.2, -0.15) is 0 Å². The maximum atomic E-state index is 11.0. The van der Waals surface area contributed by atoms with Gasteiger partial charge in [0.1, 0.15) is 0 Å². The molecular weight excluding hydrogens is 159 g/mol. The normalized spacial score (nSPS) is 31.0. The van der Waals surface area contributed by atoms with Crippen LogP contribution in [0.15, 0.2) is 0 Å². The summed E-state index contributed by atoms with van der Waals surface area (Å²) in [4.78, 5) is 0.